The number of primary amides is 1. The normalized spacial score (nSPS) is 14.8. The predicted molar refractivity (Wildman–Crippen MR) is 368 cm³/mol. The van der Waals surface area contributed by atoms with Crippen LogP contribution in [0.1, 0.15) is 149 Å². The lowest BCUT2D eigenvalue weighted by Gasteiger charge is -2.30. The summed E-state index contributed by atoms with van der Waals surface area (Å²) in [6, 6.07) is 4.17. The van der Waals surface area contributed by atoms with Crippen molar-refractivity contribution >= 4 is 65.0 Å². The largest absolute Gasteiger partial charge is 0.368 e. The maximum atomic E-state index is 14.8. The third-order valence-electron chi connectivity index (χ3n) is 16.2. The van der Waals surface area contributed by atoms with Gasteiger partial charge in [-0.05, 0) is 158 Å². The summed E-state index contributed by atoms with van der Waals surface area (Å²) >= 11 is 0. The fourth-order valence-corrected chi connectivity index (χ4v) is 10.4. The van der Waals surface area contributed by atoms with Gasteiger partial charge in [0, 0.05) is 19.4 Å². The second-order valence-corrected chi connectivity index (χ2v) is 25.3. The van der Waals surface area contributed by atoms with Crippen molar-refractivity contribution in [3.05, 3.63) is 71.8 Å². The SMILES string of the molecule is CC(C)[C@H](NC(=O)[C@H](CCCCN)NC(=O)[C@H](Cc1ccccc1)NC(=O)[C@@H](NC(=O)[C@@H](NC(=O)[C@H](CCCCN)NC(=O)[C@@H](N)CNN)C(C)C)C(C)C)C(=O)N[C@@H](CCCCN)C(=O)N[C@@H](Cc1ccccc1)C(=O)N[C@@H](CCCCN)C(=O)N[C@H](CCCCN)C(N)=O. The van der Waals surface area contributed by atoms with E-state index in [0.29, 0.717) is 95.0 Å². The zero-order chi connectivity index (χ0) is 71.7. The summed E-state index contributed by atoms with van der Waals surface area (Å²) in [5, 5.41) is 27.6. The highest BCUT2D eigenvalue weighted by Crippen LogP contribution is 2.15. The van der Waals surface area contributed by atoms with Crippen LogP contribution in [-0.2, 0) is 65.6 Å². The molecule has 30 nitrogen and oxygen atoms in total. The molecule has 0 aromatic heterocycles. The van der Waals surface area contributed by atoms with Crippen molar-refractivity contribution in [1.82, 2.24) is 58.6 Å². The van der Waals surface area contributed by atoms with Crippen LogP contribution in [0.5, 0.6) is 0 Å². The number of hydrazine groups is 1. The first-order valence-electron chi connectivity index (χ1n) is 33.9. The molecule has 0 aliphatic carbocycles. The lowest BCUT2D eigenvalue weighted by Crippen LogP contribution is -2.62. The standard InChI is InChI=1S/C66H115N19O11/c1-40(2)53(64(94)80-48(29-15-20-34-69)59(89)81-51(37-43-23-9-7-10-24-43)62(92)78-47(28-14-19-33-68)58(88)76-46(56(73)86)27-13-18-32-67)83-61(91)50(31-17-22-36-71)79-63(93)52(38-44-25-11-8-12-26-44)82-65(95)54(41(3)4)85-66(96)55(42(5)6)84-60(90)49(30-16-21-35-70)77-57(87)45(72)39-75-74/h7-12,23-26,40-42,45-55,75H,13-22,27-39,67-72,74H2,1-6H3,(H2,73,86)(H,76,88)(H,77,87)(H,78,92)(H,79,93)(H,80,94)(H,81,89)(H,82,95)(H,83,91)(H,84,90)(H,85,96)/t45-,46+,47-,48-,49-,50-,51-,52-,53-,54-,55-/m0/s1. The number of amides is 11. The van der Waals surface area contributed by atoms with Gasteiger partial charge in [-0.25, -0.2) is 0 Å². The molecule has 540 valence electrons. The van der Waals surface area contributed by atoms with Gasteiger partial charge in [0.05, 0.1) is 6.04 Å². The van der Waals surface area contributed by atoms with Crippen molar-refractivity contribution < 1.29 is 52.7 Å². The Bertz CT molecular complexity index is 2700. The number of nitrogens with one attached hydrogen (secondary N) is 11. The van der Waals surface area contributed by atoms with Gasteiger partial charge in [-0.15, -0.1) is 0 Å². The van der Waals surface area contributed by atoms with Crippen molar-refractivity contribution in [2.24, 2.45) is 63.7 Å². The highest BCUT2D eigenvalue weighted by molar-refractivity contribution is 5.99. The number of carbonyl (C=O) groups excluding carboxylic acids is 11. The topological polar surface area (TPSA) is 528 Å². The number of hydrogen-bond donors (Lipinski definition) is 19. The number of carbonyl (C=O) groups is 11. The minimum atomic E-state index is -1.35. The minimum Gasteiger partial charge on any atom is -0.368 e. The van der Waals surface area contributed by atoms with Crippen LogP contribution in [0.3, 0.4) is 0 Å². The van der Waals surface area contributed by atoms with Gasteiger partial charge >= 0.3 is 0 Å². The number of rotatable bonds is 50. The summed E-state index contributed by atoms with van der Waals surface area (Å²) in [5.74, 6) is -4.38. The van der Waals surface area contributed by atoms with Crippen LogP contribution in [0.15, 0.2) is 60.7 Å². The first kappa shape index (κ1) is 84.4. The van der Waals surface area contributed by atoms with Gasteiger partial charge in [-0.3, -0.25) is 64.0 Å². The summed E-state index contributed by atoms with van der Waals surface area (Å²) in [7, 11) is 0. The van der Waals surface area contributed by atoms with E-state index in [4.69, 9.17) is 46.0 Å². The lowest BCUT2D eigenvalue weighted by atomic mass is 9.98. The Morgan fingerprint density at radius 1 is 0.323 bits per heavy atom. The number of benzene rings is 2. The Hall–Kier alpha value is -7.71. The van der Waals surface area contributed by atoms with Crippen LogP contribution >= 0.6 is 0 Å². The van der Waals surface area contributed by atoms with Crippen molar-refractivity contribution in [2.45, 2.75) is 217 Å². The van der Waals surface area contributed by atoms with Gasteiger partial charge in [-0.1, -0.05) is 102 Å². The van der Waals surface area contributed by atoms with E-state index >= 15 is 0 Å². The third kappa shape index (κ3) is 31.9. The zero-order valence-electron chi connectivity index (χ0n) is 57.2. The van der Waals surface area contributed by atoms with Crippen molar-refractivity contribution in [2.75, 3.05) is 39.3 Å². The lowest BCUT2D eigenvalue weighted by molar-refractivity contribution is -0.137. The first-order valence-corrected chi connectivity index (χ1v) is 33.9. The number of unbranched alkanes of at least 4 members (excludes halogenated alkanes) is 5. The fourth-order valence-electron chi connectivity index (χ4n) is 10.4. The Kier molecular flexibility index (Phi) is 41.5. The van der Waals surface area contributed by atoms with E-state index in [1.165, 1.54) is 0 Å². The van der Waals surface area contributed by atoms with Crippen molar-refractivity contribution in [3.8, 4) is 0 Å². The minimum absolute atomic E-state index is 0.0400. The summed E-state index contributed by atoms with van der Waals surface area (Å²) in [6.45, 7) is 11.6. The second-order valence-electron chi connectivity index (χ2n) is 25.3. The molecule has 30 heteroatoms. The Morgan fingerprint density at radius 3 is 0.865 bits per heavy atom. The summed E-state index contributed by atoms with van der Waals surface area (Å²) in [4.78, 5) is 155. The molecule has 0 aliphatic heterocycles. The predicted octanol–water partition coefficient (Wildman–Crippen LogP) is -2.79. The van der Waals surface area contributed by atoms with Gasteiger partial charge in [0.15, 0.2) is 0 Å². The average Bonchev–Trinajstić information content (AvgIpc) is 0.944. The van der Waals surface area contributed by atoms with Gasteiger partial charge in [0.1, 0.15) is 60.4 Å². The zero-order valence-corrected chi connectivity index (χ0v) is 57.2. The Morgan fingerprint density at radius 2 is 0.562 bits per heavy atom. The molecule has 2 aromatic rings. The molecule has 0 saturated heterocycles. The van der Waals surface area contributed by atoms with Gasteiger partial charge in [0.2, 0.25) is 65.0 Å². The van der Waals surface area contributed by atoms with Gasteiger partial charge in [0.25, 0.3) is 0 Å². The molecule has 0 radical (unpaired) electrons. The molecule has 0 bridgehead atoms. The van der Waals surface area contributed by atoms with E-state index in [9.17, 15) is 52.7 Å². The van der Waals surface area contributed by atoms with Crippen LogP contribution in [0.2, 0.25) is 0 Å². The van der Waals surface area contributed by atoms with Crippen LogP contribution < -0.4 is 105 Å². The first-order chi connectivity index (χ1) is 45.8. The molecule has 2 aromatic carbocycles. The van der Waals surface area contributed by atoms with Gasteiger partial charge < -0.3 is 93.3 Å². The van der Waals surface area contributed by atoms with E-state index in [0.717, 1.165) is 0 Å². The van der Waals surface area contributed by atoms with Crippen molar-refractivity contribution in [1.29, 1.82) is 0 Å². The van der Waals surface area contributed by atoms with Crippen molar-refractivity contribution in [3.63, 3.8) is 0 Å². The van der Waals surface area contributed by atoms with Crippen LogP contribution in [0.25, 0.3) is 0 Å². The smallest absolute Gasteiger partial charge is 0.243 e. The average molecular weight is 1350 g/mol. The molecule has 2 rings (SSSR count). The Balaban J connectivity index is 2.53. The van der Waals surface area contributed by atoms with E-state index in [2.05, 4.69) is 58.6 Å². The molecular weight excluding hydrogens is 1230 g/mol. The fraction of sp³-hybridized carbons (Fsp3) is 0.652. The molecule has 96 heavy (non-hydrogen) atoms. The van der Waals surface area contributed by atoms with E-state index in [-0.39, 0.29) is 64.6 Å². The molecule has 27 N–H and O–H groups in total. The van der Waals surface area contributed by atoms with Gasteiger partial charge in [-0.2, -0.15) is 0 Å². The third-order valence-corrected chi connectivity index (χ3v) is 16.2. The highest BCUT2D eigenvalue weighted by atomic mass is 16.2. The second kappa shape index (κ2) is 47.2. The molecule has 0 aliphatic rings. The van der Waals surface area contributed by atoms with Crippen LogP contribution in [0.4, 0.5) is 0 Å². The molecule has 11 atom stereocenters. The highest BCUT2D eigenvalue weighted by Gasteiger charge is 2.38. The Labute approximate surface area is 566 Å². The van der Waals surface area contributed by atoms with E-state index in [1.807, 2.05) is 0 Å². The quantitative estimate of drug-likeness (QED) is 0.0181. The van der Waals surface area contributed by atoms with Crippen LogP contribution in [-0.4, -0.2) is 171 Å². The van der Waals surface area contributed by atoms with Crippen LogP contribution in [0, 0.1) is 17.8 Å². The summed E-state index contributed by atoms with van der Waals surface area (Å²) in [6.07, 6.45) is 5.21. The number of hydrogen-bond acceptors (Lipinski definition) is 19. The summed E-state index contributed by atoms with van der Waals surface area (Å²) < 4.78 is 0. The molecule has 11 amide bonds. The summed E-state index contributed by atoms with van der Waals surface area (Å²) in [5.41, 5.74) is 44.1. The molecule has 0 saturated carbocycles. The maximum absolute atomic E-state index is 14.8. The number of nitrogens with two attached hydrogens (primary N) is 8. The maximum Gasteiger partial charge on any atom is 0.243 e. The molecular formula is C66H115N19O11. The molecule has 0 fully saturated rings. The molecule has 0 spiro atoms. The van der Waals surface area contributed by atoms with E-state index in [1.54, 1.807) is 102 Å². The monoisotopic (exact) mass is 1350 g/mol. The molecule has 0 heterocycles. The molecule has 0 unspecified atom stereocenters. The van der Waals surface area contributed by atoms with E-state index < -0.39 is 149 Å².